The Morgan fingerprint density at radius 2 is 2.12 bits per heavy atom. The molecule has 0 saturated carbocycles. The molecular formula is C14H15ClO. The van der Waals surface area contributed by atoms with Gasteiger partial charge < -0.3 is 4.74 Å². The van der Waals surface area contributed by atoms with Crippen LogP contribution in [-0.2, 0) is 6.42 Å². The van der Waals surface area contributed by atoms with Crippen molar-refractivity contribution in [2.45, 2.75) is 6.42 Å². The molecule has 1 rings (SSSR count). The second-order valence-corrected chi connectivity index (χ2v) is 3.78. The van der Waals surface area contributed by atoms with Crippen molar-refractivity contribution in [2.24, 2.45) is 0 Å². The zero-order chi connectivity index (χ0) is 12.0. The number of halogens is 1. The predicted octanol–water partition coefficient (Wildman–Crippen LogP) is 4.10. The van der Waals surface area contributed by atoms with Gasteiger partial charge in [-0.15, -0.1) is 0 Å². The van der Waals surface area contributed by atoms with Crippen molar-refractivity contribution in [1.29, 1.82) is 0 Å². The van der Waals surface area contributed by atoms with E-state index in [0.29, 0.717) is 11.5 Å². The van der Waals surface area contributed by atoms with Gasteiger partial charge in [0.2, 0.25) is 0 Å². The number of allylic oxidation sites excluding steroid dienone is 4. The van der Waals surface area contributed by atoms with Crippen LogP contribution < -0.4 is 4.74 Å². The van der Waals surface area contributed by atoms with E-state index in [2.05, 4.69) is 13.2 Å². The summed E-state index contributed by atoms with van der Waals surface area (Å²) >= 11 is 5.92. The molecule has 0 spiro atoms. The van der Waals surface area contributed by atoms with Crippen LogP contribution in [0, 0.1) is 0 Å². The first-order valence-corrected chi connectivity index (χ1v) is 5.35. The van der Waals surface area contributed by atoms with Crippen molar-refractivity contribution in [2.75, 3.05) is 7.11 Å². The number of hydrogen-bond donors (Lipinski definition) is 0. The minimum absolute atomic E-state index is 0.533. The van der Waals surface area contributed by atoms with Gasteiger partial charge in [0, 0.05) is 11.5 Å². The summed E-state index contributed by atoms with van der Waals surface area (Å²) in [6.07, 6.45) is 4.26. The molecule has 0 bridgehead atoms. The van der Waals surface area contributed by atoms with E-state index in [1.807, 2.05) is 30.3 Å². The van der Waals surface area contributed by atoms with Crippen LogP contribution in [-0.4, -0.2) is 7.11 Å². The van der Waals surface area contributed by atoms with Gasteiger partial charge in [-0.1, -0.05) is 55.1 Å². The van der Waals surface area contributed by atoms with Gasteiger partial charge in [0.05, 0.1) is 7.11 Å². The predicted molar refractivity (Wildman–Crippen MR) is 70.0 cm³/mol. The fraction of sp³-hybridized carbons (Fsp3) is 0.143. The molecule has 1 nitrogen and oxygen atoms in total. The first-order chi connectivity index (χ1) is 7.69. The maximum Gasteiger partial charge on any atom is 0.122 e. The molecular weight excluding hydrogens is 220 g/mol. The lowest BCUT2D eigenvalue weighted by molar-refractivity contribution is 0.410. The molecule has 16 heavy (non-hydrogen) atoms. The number of benzene rings is 1. The van der Waals surface area contributed by atoms with Gasteiger partial charge in [0.25, 0.3) is 0 Å². The van der Waals surface area contributed by atoms with E-state index in [9.17, 15) is 0 Å². The van der Waals surface area contributed by atoms with E-state index in [0.717, 1.165) is 16.9 Å². The fourth-order valence-corrected chi connectivity index (χ4v) is 1.57. The van der Waals surface area contributed by atoms with Gasteiger partial charge in [-0.3, -0.25) is 0 Å². The van der Waals surface area contributed by atoms with Crippen molar-refractivity contribution in [3.63, 3.8) is 0 Å². The van der Waals surface area contributed by atoms with Crippen molar-refractivity contribution in [3.8, 4) is 5.75 Å². The summed E-state index contributed by atoms with van der Waals surface area (Å²) in [5.41, 5.74) is 2.03. The zero-order valence-electron chi connectivity index (χ0n) is 9.37. The first kappa shape index (κ1) is 12.6. The molecule has 2 heteroatoms. The third-order valence-electron chi connectivity index (χ3n) is 2.24. The van der Waals surface area contributed by atoms with Crippen LogP contribution in [0.15, 0.2) is 60.2 Å². The van der Waals surface area contributed by atoms with Crippen LogP contribution in [0.3, 0.4) is 0 Å². The van der Waals surface area contributed by atoms with Gasteiger partial charge in [0.1, 0.15) is 5.75 Å². The molecule has 0 unspecified atom stereocenters. The highest BCUT2D eigenvalue weighted by Crippen LogP contribution is 2.24. The third-order valence-corrected chi connectivity index (χ3v) is 2.48. The van der Waals surface area contributed by atoms with E-state index in [-0.39, 0.29) is 0 Å². The van der Waals surface area contributed by atoms with E-state index < -0.39 is 0 Å². The summed E-state index contributed by atoms with van der Waals surface area (Å²) in [4.78, 5) is 0. The lowest BCUT2D eigenvalue weighted by Crippen LogP contribution is -1.94. The topological polar surface area (TPSA) is 9.23 Å². The molecule has 0 aliphatic heterocycles. The third kappa shape index (κ3) is 3.28. The lowest BCUT2D eigenvalue weighted by atomic mass is 10.0. The monoisotopic (exact) mass is 234 g/mol. The zero-order valence-corrected chi connectivity index (χ0v) is 10.1. The number of rotatable bonds is 5. The normalized spacial score (nSPS) is 11.0. The largest absolute Gasteiger partial charge is 0.496 e. The lowest BCUT2D eigenvalue weighted by Gasteiger charge is -2.09. The van der Waals surface area contributed by atoms with Gasteiger partial charge in [0.15, 0.2) is 0 Å². The average molecular weight is 235 g/mol. The highest BCUT2D eigenvalue weighted by molar-refractivity contribution is 6.31. The van der Waals surface area contributed by atoms with Crippen molar-refractivity contribution in [1.82, 2.24) is 0 Å². The van der Waals surface area contributed by atoms with E-state index in [1.165, 1.54) is 0 Å². The minimum Gasteiger partial charge on any atom is -0.496 e. The molecule has 0 aromatic heterocycles. The highest BCUT2D eigenvalue weighted by atomic mass is 35.5. The summed E-state index contributed by atoms with van der Waals surface area (Å²) in [5.74, 6) is 0.857. The fourth-order valence-electron chi connectivity index (χ4n) is 1.44. The van der Waals surface area contributed by atoms with Gasteiger partial charge >= 0.3 is 0 Å². The van der Waals surface area contributed by atoms with Crippen LogP contribution >= 0.6 is 11.6 Å². The molecule has 0 N–H and O–H groups in total. The summed E-state index contributed by atoms with van der Waals surface area (Å²) in [6, 6.07) is 7.85. The summed E-state index contributed by atoms with van der Waals surface area (Å²) in [5, 5.41) is 0.533. The molecule has 0 aliphatic rings. The molecule has 0 radical (unpaired) electrons. The number of hydrogen-bond acceptors (Lipinski definition) is 1. The Labute approximate surface area is 102 Å². The van der Waals surface area contributed by atoms with Crippen LogP contribution in [0.4, 0.5) is 0 Å². The summed E-state index contributed by atoms with van der Waals surface area (Å²) in [7, 11) is 1.66. The molecule has 84 valence electrons. The van der Waals surface area contributed by atoms with E-state index in [1.54, 1.807) is 13.2 Å². The quantitative estimate of drug-likeness (QED) is 0.697. The molecule has 1 aromatic carbocycles. The SMILES string of the molecule is C=C/C=C(/Cc1ccccc1OC)C(=C)Cl. The number of para-hydroxylation sites is 1. The molecule has 0 saturated heterocycles. The standard InChI is InChI=1S/C14H15ClO/c1-4-7-12(11(2)15)10-13-8-5-6-9-14(13)16-3/h4-9H,1-2,10H2,3H3/b12-7-. The first-order valence-electron chi connectivity index (χ1n) is 4.97. The van der Waals surface area contributed by atoms with E-state index >= 15 is 0 Å². The van der Waals surface area contributed by atoms with Crippen LogP contribution in [0.1, 0.15) is 5.56 Å². The Kier molecular flexibility index (Phi) is 4.87. The van der Waals surface area contributed by atoms with Crippen LogP contribution in [0.25, 0.3) is 0 Å². The van der Waals surface area contributed by atoms with Gasteiger partial charge in [-0.25, -0.2) is 0 Å². The molecule has 0 heterocycles. The molecule has 0 amide bonds. The molecule has 1 aromatic rings. The number of methoxy groups -OCH3 is 1. The second-order valence-electron chi connectivity index (χ2n) is 3.32. The Morgan fingerprint density at radius 1 is 1.44 bits per heavy atom. The molecule has 0 fully saturated rings. The van der Waals surface area contributed by atoms with Gasteiger partial charge in [-0.05, 0) is 17.2 Å². The van der Waals surface area contributed by atoms with Crippen molar-refractivity contribution < 1.29 is 4.74 Å². The van der Waals surface area contributed by atoms with Crippen molar-refractivity contribution in [3.05, 3.63) is 65.7 Å². The van der Waals surface area contributed by atoms with Crippen molar-refractivity contribution >= 4 is 11.6 Å². The average Bonchev–Trinajstić information content (AvgIpc) is 2.29. The Hall–Kier alpha value is -1.47. The molecule has 0 atom stereocenters. The maximum absolute atomic E-state index is 5.92. The van der Waals surface area contributed by atoms with Gasteiger partial charge in [-0.2, -0.15) is 0 Å². The highest BCUT2D eigenvalue weighted by Gasteiger charge is 2.06. The summed E-state index contributed by atoms with van der Waals surface area (Å²) in [6.45, 7) is 7.39. The minimum atomic E-state index is 0.533. The number of ether oxygens (including phenoxy) is 1. The summed E-state index contributed by atoms with van der Waals surface area (Å²) < 4.78 is 5.28. The Bertz CT molecular complexity index is 418. The Morgan fingerprint density at radius 3 is 2.69 bits per heavy atom. The van der Waals surface area contributed by atoms with Crippen LogP contribution in [0.2, 0.25) is 0 Å². The molecule has 0 aliphatic carbocycles. The van der Waals surface area contributed by atoms with Crippen LogP contribution in [0.5, 0.6) is 5.75 Å². The Balaban J connectivity index is 2.98. The van der Waals surface area contributed by atoms with E-state index in [4.69, 9.17) is 16.3 Å². The smallest absolute Gasteiger partial charge is 0.122 e. The second kappa shape index (κ2) is 6.19. The maximum atomic E-state index is 5.92.